The van der Waals surface area contributed by atoms with Gasteiger partial charge in [0.2, 0.25) is 0 Å². The second kappa shape index (κ2) is 12.4. The van der Waals surface area contributed by atoms with Crippen molar-refractivity contribution in [2.75, 3.05) is 4.90 Å². The summed E-state index contributed by atoms with van der Waals surface area (Å²) in [6.07, 6.45) is 0. The zero-order chi connectivity index (χ0) is 41.5. The van der Waals surface area contributed by atoms with E-state index in [0.717, 1.165) is 5.69 Å². The van der Waals surface area contributed by atoms with E-state index in [4.69, 9.17) is 0 Å². The maximum Gasteiger partial charge on any atom is 0.0725 e. The predicted octanol–water partition coefficient (Wildman–Crippen LogP) is 15.8. The number of fused-ring (bicyclic) bond motifs is 16. The lowest BCUT2D eigenvalue weighted by Gasteiger charge is -2.31. The van der Waals surface area contributed by atoms with E-state index in [-0.39, 0.29) is 16.2 Å². The molecule has 9 aromatic carbocycles. The lowest BCUT2D eigenvalue weighted by Crippen LogP contribution is -2.25. The second-order valence-corrected chi connectivity index (χ2v) is 18.8. The molecule has 1 nitrogen and oxygen atoms in total. The maximum absolute atomic E-state index is 2.52. The summed E-state index contributed by atoms with van der Waals surface area (Å²) in [6.45, 7) is 9.50. The minimum atomic E-state index is -0.370. The third-order valence-electron chi connectivity index (χ3n) is 15.1. The molecule has 0 bridgehead atoms. The fourth-order valence-electron chi connectivity index (χ4n) is 12.4. The quantitative estimate of drug-likeness (QED) is 0.172. The van der Waals surface area contributed by atoms with Crippen LogP contribution in [0, 0.1) is 0 Å². The van der Waals surface area contributed by atoms with Crippen molar-refractivity contribution in [2.24, 2.45) is 0 Å². The van der Waals surface area contributed by atoms with Gasteiger partial charge in [0, 0.05) is 27.8 Å². The van der Waals surface area contributed by atoms with Gasteiger partial charge in [-0.15, -0.1) is 0 Å². The molecule has 0 saturated carbocycles. The van der Waals surface area contributed by atoms with E-state index in [1.165, 1.54) is 112 Å². The minimum Gasteiger partial charge on any atom is -0.310 e. The highest BCUT2D eigenvalue weighted by Gasteiger charge is 2.52. The summed E-state index contributed by atoms with van der Waals surface area (Å²) in [6, 6.07) is 75.7. The Morgan fingerprint density at radius 2 is 0.710 bits per heavy atom. The molecule has 1 heteroatoms. The summed E-state index contributed by atoms with van der Waals surface area (Å²) in [5.74, 6) is 0. The number of rotatable bonds is 4. The molecule has 0 aromatic heterocycles. The molecule has 294 valence electrons. The van der Waals surface area contributed by atoms with Gasteiger partial charge in [0.25, 0.3) is 0 Å². The third-order valence-corrected chi connectivity index (χ3v) is 15.1. The van der Waals surface area contributed by atoms with Gasteiger partial charge in [0.1, 0.15) is 0 Å². The van der Waals surface area contributed by atoms with Crippen LogP contribution in [0.1, 0.15) is 72.2 Å². The van der Waals surface area contributed by atoms with Crippen LogP contribution in [0.3, 0.4) is 0 Å². The van der Waals surface area contributed by atoms with Gasteiger partial charge in [0.15, 0.2) is 0 Å². The molecule has 0 fully saturated rings. The molecule has 13 rings (SSSR count). The smallest absolute Gasteiger partial charge is 0.0725 e. The first-order valence-electron chi connectivity index (χ1n) is 22.1. The van der Waals surface area contributed by atoms with Gasteiger partial charge in [-0.3, -0.25) is 0 Å². The number of benzene rings is 9. The van der Waals surface area contributed by atoms with Gasteiger partial charge in [0.05, 0.1) is 11.1 Å². The highest BCUT2D eigenvalue weighted by molar-refractivity contribution is 6.01. The third kappa shape index (κ3) is 4.43. The Kier molecular flexibility index (Phi) is 7.12. The molecule has 0 atom stereocenters. The van der Waals surface area contributed by atoms with Gasteiger partial charge in [-0.25, -0.2) is 0 Å². The topological polar surface area (TPSA) is 3.24 Å². The molecular weight excluding hydrogens is 747 g/mol. The number of nitrogens with zero attached hydrogens (tertiary/aromatic N) is 1. The van der Waals surface area contributed by atoms with Crippen molar-refractivity contribution < 1.29 is 0 Å². The molecule has 4 aliphatic carbocycles. The normalized spacial score (nSPS) is 15.5. The molecule has 9 aromatic rings. The summed E-state index contributed by atoms with van der Waals surface area (Å²) < 4.78 is 0. The zero-order valence-electron chi connectivity index (χ0n) is 35.5. The average molecular weight is 792 g/mol. The zero-order valence-corrected chi connectivity index (χ0v) is 35.5. The van der Waals surface area contributed by atoms with Crippen LogP contribution in [0.25, 0.3) is 55.6 Å². The maximum atomic E-state index is 2.52. The van der Waals surface area contributed by atoms with Gasteiger partial charge < -0.3 is 4.90 Å². The Labute approximate surface area is 364 Å². The van der Waals surface area contributed by atoms with E-state index in [1.54, 1.807) is 0 Å². The van der Waals surface area contributed by atoms with E-state index >= 15 is 0 Å². The van der Waals surface area contributed by atoms with Crippen molar-refractivity contribution in [3.8, 4) is 55.6 Å². The molecule has 0 radical (unpaired) electrons. The average Bonchev–Trinajstić information content (AvgIpc) is 3.95. The molecule has 0 aliphatic heterocycles. The molecule has 1 spiro atoms. The van der Waals surface area contributed by atoms with Crippen LogP contribution in [0.15, 0.2) is 200 Å². The summed E-state index contributed by atoms with van der Waals surface area (Å²) in [5, 5.41) is 0. The number of anilines is 3. The van der Waals surface area contributed by atoms with Crippen molar-refractivity contribution in [3.05, 3.63) is 245 Å². The Morgan fingerprint density at radius 1 is 0.290 bits per heavy atom. The van der Waals surface area contributed by atoms with Crippen LogP contribution in [0.5, 0.6) is 0 Å². The fourth-order valence-corrected chi connectivity index (χ4v) is 12.4. The first-order chi connectivity index (χ1) is 30.3. The van der Waals surface area contributed by atoms with Crippen molar-refractivity contribution in [1.29, 1.82) is 0 Å². The molecule has 62 heavy (non-hydrogen) atoms. The molecule has 0 saturated heterocycles. The Balaban J connectivity index is 1.01. The van der Waals surface area contributed by atoms with Crippen LogP contribution in [0.2, 0.25) is 0 Å². The lowest BCUT2D eigenvalue weighted by molar-refractivity contribution is 0.660. The number of hydrogen-bond donors (Lipinski definition) is 0. The van der Waals surface area contributed by atoms with E-state index in [2.05, 4.69) is 233 Å². The first-order valence-corrected chi connectivity index (χ1v) is 22.1. The standard InChI is InChI=1S/C61H45N/c1-59(2)49-24-11-8-20-46(49)58-53(59)28-16-30-56(58)62(40-35-36-45-42-17-5-10-23-48(42)60(3,4)55(45)37-40)39-33-31-38(32-34-39)41-22-15-29-54-57(41)47-21-9-14-27-52(47)61(54)50-25-12-6-18-43(50)44-19-7-13-26-51(44)61/h5-37H,1-4H3. The van der Waals surface area contributed by atoms with Gasteiger partial charge in [-0.2, -0.15) is 0 Å². The molecule has 0 N–H and O–H groups in total. The van der Waals surface area contributed by atoms with Crippen molar-refractivity contribution >= 4 is 17.1 Å². The SMILES string of the molecule is CC1(C)c2ccccc2-c2ccc(N(c3ccc(-c4cccc5c4-c4ccccc4C54c5ccccc5-c5ccccc54)cc3)c3cccc4c3-c3ccccc3C4(C)C)cc21. The minimum absolute atomic E-state index is 0.110. The van der Waals surface area contributed by atoms with Gasteiger partial charge in [-0.1, -0.05) is 198 Å². The molecule has 0 heterocycles. The van der Waals surface area contributed by atoms with Crippen LogP contribution in [-0.4, -0.2) is 0 Å². The molecule has 4 aliphatic rings. The largest absolute Gasteiger partial charge is 0.310 e. The summed E-state index contributed by atoms with van der Waals surface area (Å²) in [4.78, 5) is 2.52. The van der Waals surface area contributed by atoms with Crippen LogP contribution < -0.4 is 4.90 Å². The Morgan fingerprint density at radius 3 is 1.35 bits per heavy atom. The Bertz CT molecular complexity index is 3310. The second-order valence-electron chi connectivity index (χ2n) is 18.8. The van der Waals surface area contributed by atoms with Crippen LogP contribution in [0.4, 0.5) is 17.1 Å². The van der Waals surface area contributed by atoms with Crippen molar-refractivity contribution in [3.63, 3.8) is 0 Å². The van der Waals surface area contributed by atoms with E-state index in [1.807, 2.05) is 0 Å². The highest BCUT2D eigenvalue weighted by Crippen LogP contribution is 2.64. The van der Waals surface area contributed by atoms with Crippen molar-refractivity contribution in [1.82, 2.24) is 0 Å². The monoisotopic (exact) mass is 791 g/mol. The highest BCUT2D eigenvalue weighted by atomic mass is 15.1. The van der Waals surface area contributed by atoms with Gasteiger partial charge >= 0.3 is 0 Å². The summed E-state index contributed by atoms with van der Waals surface area (Å²) in [7, 11) is 0. The van der Waals surface area contributed by atoms with E-state index in [9.17, 15) is 0 Å². The first kappa shape index (κ1) is 35.5. The molecule has 0 unspecified atom stereocenters. The van der Waals surface area contributed by atoms with Crippen molar-refractivity contribution in [2.45, 2.75) is 43.9 Å². The van der Waals surface area contributed by atoms with Gasteiger partial charge in [-0.05, 0) is 125 Å². The molecule has 0 amide bonds. The Hall–Kier alpha value is -7.22. The van der Waals surface area contributed by atoms with Crippen LogP contribution in [-0.2, 0) is 16.2 Å². The van der Waals surface area contributed by atoms with E-state index < -0.39 is 0 Å². The molecular formula is C61H45N. The number of hydrogen-bond acceptors (Lipinski definition) is 1. The summed E-state index contributed by atoms with van der Waals surface area (Å²) in [5.41, 5.74) is 27.0. The lowest BCUT2D eigenvalue weighted by atomic mass is 9.70. The van der Waals surface area contributed by atoms with Crippen LogP contribution >= 0.6 is 0 Å². The fraction of sp³-hybridized carbons (Fsp3) is 0.115. The summed E-state index contributed by atoms with van der Waals surface area (Å²) >= 11 is 0. The predicted molar refractivity (Wildman–Crippen MR) is 258 cm³/mol. The van der Waals surface area contributed by atoms with E-state index in [0.29, 0.717) is 0 Å².